The molecule has 0 spiro atoms. The zero-order valence-electron chi connectivity index (χ0n) is 17.9. The first kappa shape index (κ1) is 22.8. The van der Waals surface area contributed by atoms with Gasteiger partial charge in [0, 0.05) is 37.6 Å². The van der Waals surface area contributed by atoms with Gasteiger partial charge in [-0.25, -0.2) is 9.48 Å². The van der Waals surface area contributed by atoms with Gasteiger partial charge in [0.25, 0.3) is 0 Å². The second-order valence-electron chi connectivity index (χ2n) is 7.69. The average molecular weight is 480 g/mol. The lowest BCUT2D eigenvalue weighted by molar-refractivity contribution is -0.137. The number of halogens is 4. The zero-order chi connectivity index (χ0) is 23.8. The van der Waals surface area contributed by atoms with Crippen LogP contribution in [0.3, 0.4) is 0 Å². The van der Waals surface area contributed by atoms with Crippen LogP contribution in [0.25, 0.3) is 5.82 Å². The molecule has 0 radical (unpaired) electrons. The number of nitrogens with zero attached hydrogens (tertiary/aromatic N) is 6. The highest BCUT2D eigenvalue weighted by atomic mass is 35.5. The molecule has 0 bridgehead atoms. The Morgan fingerprint density at radius 1 is 1.00 bits per heavy atom. The molecule has 0 unspecified atom stereocenters. The van der Waals surface area contributed by atoms with Crippen molar-refractivity contribution in [1.29, 1.82) is 0 Å². The van der Waals surface area contributed by atoms with Gasteiger partial charge in [-0.3, -0.25) is 0 Å². The van der Waals surface area contributed by atoms with Crippen molar-refractivity contribution in [3.8, 4) is 5.82 Å². The van der Waals surface area contributed by atoms with E-state index < -0.39 is 22.8 Å². The molecule has 0 atom stereocenters. The number of hydrogen-bond acceptors (Lipinski definition) is 5. The van der Waals surface area contributed by atoms with E-state index in [1.807, 2.05) is 36.9 Å². The number of aryl methyl sites for hydroxylation is 2. The van der Waals surface area contributed by atoms with Crippen LogP contribution in [0.2, 0.25) is 5.02 Å². The minimum Gasteiger partial charge on any atom is -0.352 e. The predicted octanol–water partition coefficient (Wildman–Crippen LogP) is 4.31. The summed E-state index contributed by atoms with van der Waals surface area (Å²) >= 11 is 5.63. The Labute approximate surface area is 193 Å². The zero-order valence-corrected chi connectivity index (χ0v) is 18.7. The number of anilines is 2. The van der Waals surface area contributed by atoms with Crippen LogP contribution in [0.5, 0.6) is 0 Å². The van der Waals surface area contributed by atoms with E-state index in [0.717, 1.165) is 23.5 Å². The monoisotopic (exact) mass is 479 g/mol. The molecule has 12 heteroatoms. The van der Waals surface area contributed by atoms with Gasteiger partial charge in [0.1, 0.15) is 0 Å². The van der Waals surface area contributed by atoms with Crippen molar-refractivity contribution in [3.05, 3.63) is 58.4 Å². The van der Waals surface area contributed by atoms with Crippen LogP contribution < -0.4 is 10.2 Å². The van der Waals surface area contributed by atoms with Crippen molar-refractivity contribution in [2.45, 2.75) is 20.0 Å². The smallest absolute Gasteiger partial charge is 0.352 e. The van der Waals surface area contributed by atoms with Crippen molar-refractivity contribution in [2.24, 2.45) is 0 Å². The fourth-order valence-corrected chi connectivity index (χ4v) is 3.85. The Balaban J connectivity index is 1.36. The van der Waals surface area contributed by atoms with Gasteiger partial charge in [0.15, 0.2) is 11.6 Å². The predicted molar refractivity (Wildman–Crippen MR) is 118 cm³/mol. The Morgan fingerprint density at radius 2 is 1.67 bits per heavy atom. The number of aromatic nitrogens is 4. The van der Waals surface area contributed by atoms with Gasteiger partial charge in [0.2, 0.25) is 0 Å². The summed E-state index contributed by atoms with van der Waals surface area (Å²) in [5.41, 5.74) is 0.886. The lowest BCUT2D eigenvalue weighted by Crippen LogP contribution is -2.50. The maximum Gasteiger partial charge on any atom is 0.417 e. The van der Waals surface area contributed by atoms with Crippen molar-refractivity contribution >= 4 is 29.1 Å². The van der Waals surface area contributed by atoms with Gasteiger partial charge < -0.3 is 15.1 Å². The number of amides is 2. The van der Waals surface area contributed by atoms with E-state index in [2.05, 4.69) is 20.6 Å². The van der Waals surface area contributed by atoms with Crippen LogP contribution >= 0.6 is 11.6 Å². The molecule has 8 nitrogen and oxygen atoms in total. The largest absolute Gasteiger partial charge is 0.417 e. The number of rotatable bonds is 3. The fourth-order valence-electron chi connectivity index (χ4n) is 3.62. The van der Waals surface area contributed by atoms with Gasteiger partial charge in [-0.05, 0) is 50.2 Å². The minimum absolute atomic E-state index is 0.0322. The SMILES string of the molecule is Cc1cc(C)n(-c2ccc(N3CCN(C(=O)Nc4ccc(Cl)c(C(F)(F)F)c4)CC3)nn2)n1. The summed E-state index contributed by atoms with van der Waals surface area (Å²) in [5.74, 6) is 1.29. The second-order valence-corrected chi connectivity index (χ2v) is 8.09. The average Bonchev–Trinajstić information content (AvgIpc) is 3.12. The normalized spacial score (nSPS) is 14.5. The molecule has 1 aromatic carbocycles. The van der Waals surface area contributed by atoms with Gasteiger partial charge >= 0.3 is 12.2 Å². The number of alkyl halides is 3. The number of carbonyl (C=O) groups is 1. The van der Waals surface area contributed by atoms with E-state index in [0.29, 0.717) is 37.8 Å². The number of hydrogen-bond donors (Lipinski definition) is 1. The molecule has 2 amide bonds. The fraction of sp³-hybridized carbons (Fsp3) is 0.333. The first-order valence-corrected chi connectivity index (χ1v) is 10.5. The standard InChI is InChI=1S/C21H21ClF3N7O/c1-13-11-14(2)32(29-13)19-6-5-18(27-28-19)30-7-9-31(10-8-30)20(33)26-15-3-4-17(22)16(12-15)21(23,24)25/h3-6,11-12H,7-10H2,1-2H3,(H,26,33). The van der Waals surface area contributed by atoms with Crippen molar-refractivity contribution in [1.82, 2.24) is 24.9 Å². The molecule has 3 heterocycles. The van der Waals surface area contributed by atoms with Gasteiger partial charge in [0.05, 0.1) is 16.3 Å². The minimum atomic E-state index is -4.60. The molecule has 1 aliphatic heterocycles. The van der Waals surface area contributed by atoms with E-state index in [4.69, 9.17) is 11.6 Å². The third kappa shape index (κ3) is 5.03. The molecule has 3 aromatic rings. The Morgan fingerprint density at radius 3 is 2.24 bits per heavy atom. The molecule has 4 rings (SSSR count). The van der Waals surface area contributed by atoms with Crippen molar-refractivity contribution in [3.63, 3.8) is 0 Å². The van der Waals surface area contributed by atoms with Crippen molar-refractivity contribution < 1.29 is 18.0 Å². The number of urea groups is 1. The highest BCUT2D eigenvalue weighted by Crippen LogP contribution is 2.36. The molecule has 33 heavy (non-hydrogen) atoms. The summed E-state index contributed by atoms with van der Waals surface area (Å²) in [6.07, 6.45) is -4.60. The van der Waals surface area contributed by atoms with Crippen LogP contribution in [0.15, 0.2) is 36.4 Å². The van der Waals surface area contributed by atoms with Crippen LogP contribution in [0.1, 0.15) is 17.0 Å². The van der Waals surface area contributed by atoms with Crippen molar-refractivity contribution in [2.75, 3.05) is 36.4 Å². The molecule has 1 aliphatic rings. The summed E-state index contributed by atoms with van der Waals surface area (Å²) < 4.78 is 40.8. The Bertz CT molecular complexity index is 1160. The van der Waals surface area contributed by atoms with Crippen LogP contribution in [0.4, 0.5) is 29.5 Å². The number of nitrogens with one attached hydrogen (secondary N) is 1. The van der Waals surface area contributed by atoms with E-state index in [1.54, 1.807) is 4.68 Å². The third-order valence-corrected chi connectivity index (χ3v) is 5.61. The van der Waals surface area contributed by atoms with E-state index in [-0.39, 0.29) is 5.69 Å². The molecule has 1 N–H and O–H groups in total. The topological polar surface area (TPSA) is 79.2 Å². The van der Waals surface area contributed by atoms with Crippen LogP contribution in [-0.4, -0.2) is 57.1 Å². The molecule has 1 fully saturated rings. The van der Waals surface area contributed by atoms with Gasteiger partial charge in [-0.1, -0.05) is 11.6 Å². The molecule has 0 saturated carbocycles. The van der Waals surface area contributed by atoms with E-state index >= 15 is 0 Å². The quantitative estimate of drug-likeness (QED) is 0.605. The molecular formula is C21H21ClF3N7O. The summed E-state index contributed by atoms with van der Waals surface area (Å²) in [5, 5.41) is 15.0. The highest BCUT2D eigenvalue weighted by molar-refractivity contribution is 6.31. The second kappa shape index (κ2) is 8.89. The maximum atomic E-state index is 13.0. The number of carbonyl (C=O) groups excluding carboxylic acids is 1. The summed E-state index contributed by atoms with van der Waals surface area (Å²) in [6.45, 7) is 5.63. The molecule has 0 aliphatic carbocycles. The highest BCUT2D eigenvalue weighted by Gasteiger charge is 2.33. The van der Waals surface area contributed by atoms with Gasteiger partial charge in [-0.2, -0.15) is 18.3 Å². The summed E-state index contributed by atoms with van der Waals surface area (Å²) in [7, 11) is 0. The maximum absolute atomic E-state index is 13.0. The van der Waals surface area contributed by atoms with E-state index in [9.17, 15) is 18.0 Å². The van der Waals surface area contributed by atoms with Gasteiger partial charge in [-0.15, -0.1) is 10.2 Å². The number of benzene rings is 1. The summed E-state index contributed by atoms with van der Waals surface area (Å²) in [4.78, 5) is 16.1. The summed E-state index contributed by atoms with van der Waals surface area (Å²) in [6, 6.07) is 8.44. The lowest BCUT2D eigenvalue weighted by atomic mass is 10.2. The van der Waals surface area contributed by atoms with Crippen LogP contribution in [-0.2, 0) is 6.18 Å². The molecule has 2 aromatic heterocycles. The molecule has 174 valence electrons. The molecule has 1 saturated heterocycles. The number of piperazine rings is 1. The lowest BCUT2D eigenvalue weighted by Gasteiger charge is -2.35. The first-order valence-electron chi connectivity index (χ1n) is 10.2. The molecular weight excluding hydrogens is 459 g/mol. The van der Waals surface area contributed by atoms with Crippen LogP contribution in [0, 0.1) is 13.8 Å². The Kier molecular flexibility index (Phi) is 6.15. The Hall–Kier alpha value is -3.34. The van der Waals surface area contributed by atoms with E-state index in [1.165, 1.54) is 11.0 Å². The first-order chi connectivity index (χ1) is 15.6. The third-order valence-electron chi connectivity index (χ3n) is 5.28.